The van der Waals surface area contributed by atoms with Gasteiger partial charge in [0.1, 0.15) is 0 Å². The van der Waals surface area contributed by atoms with Crippen molar-refractivity contribution < 1.29 is 14.3 Å². The summed E-state index contributed by atoms with van der Waals surface area (Å²) in [4.78, 5) is 26.1. The molecule has 1 aliphatic heterocycles. The summed E-state index contributed by atoms with van der Waals surface area (Å²) in [6.45, 7) is 5.41. The quantitative estimate of drug-likeness (QED) is 0.787. The van der Waals surface area contributed by atoms with Gasteiger partial charge in [-0.3, -0.25) is 14.3 Å². The van der Waals surface area contributed by atoms with E-state index < -0.39 is 0 Å². The minimum atomic E-state index is -0.139. The summed E-state index contributed by atoms with van der Waals surface area (Å²) in [5.74, 6) is -0.198. The van der Waals surface area contributed by atoms with Crippen molar-refractivity contribution in [2.24, 2.45) is 13.0 Å². The van der Waals surface area contributed by atoms with Gasteiger partial charge in [0.15, 0.2) is 0 Å². The van der Waals surface area contributed by atoms with Gasteiger partial charge in [0.05, 0.1) is 23.8 Å². The van der Waals surface area contributed by atoms with Crippen LogP contribution in [-0.2, 0) is 23.0 Å². The molecule has 0 bridgehead atoms. The van der Waals surface area contributed by atoms with Crippen LogP contribution in [0.15, 0.2) is 6.20 Å². The van der Waals surface area contributed by atoms with E-state index in [0.717, 1.165) is 12.1 Å². The molecule has 0 aliphatic carbocycles. The summed E-state index contributed by atoms with van der Waals surface area (Å²) in [5, 5.41) is 4.31. The largest absolute Gasteiger partial charge is 0.466 e. The normalized spacial score (nSPS) is 16.0. The van der Waals surface area contributed by atoms with Crippen molar-refractivity contribution in [3.05, 3.63) is 17.5 Å². The molecule has 0 saturated carbocycles. The molecule has 0 radical (unpaired) electrons. The Balaban J connectivity index is 1.98. The van der Waals surface area contributed by atoms with Crippen LogP contribution in [0.5, 0.6) is 0 Å². The van der Waals surface area contributed by atoms with Crippen molar-refractivity contribution in [1.29, 1.82) is 0 Å². The van der Waals surface area contributed by atoms with Gasteiger partial charge in [0.2, 0.25) is 0 Å². The molecule has 1 saturated heterocycles. The maximum absolute atomic E-state index is 12.6. The van der Waals surface area contributed by atoms with Gasteiger partial charge in [0.25, 0.3) is 5.91 Å². The van der Waals surface area contributed by atoms with Crippen LogP contribution in [0, 0.1) is 5.92 Å². The average Bonchev–Trinajstić information content (AvgIpc) is 2.88. The highest BCUT2D eigenvalue weighted by atomic mass is 16.5. The average molecular weight is 293 g/mol. The smallest absolute Gasteiger partial charge is 0.309 e. The second-order valence-corrected chi connectivity index (χ2v) is 5.34. The molecule has 6 nitrogen and oxygen atoms in total. The Bertz CT molecular complexity index is 516. The zero-order chi connectivity index (χ0) is 15.4. The van der Waals surface area contributed by atoms with Gasteiger partial charge < -0.3 is 9.64 Å². The van der Waals surface area contributed by atoms with E-state index in [4.69, 9.17) is 4.74 Å². The highest BCUT2D eigenvalue weighted by Crippen LogP contribution is 2.21. The summed E-state index contributed by atoms with van der Waals surface area (Å²) in [5.41, 5.74) is 1.50. The molecule has 1 amide bonds. The number of ether oxygens (including phenoxy) is 1. The number of carbonyl (C=O) groups excluding carboxylic acids is 2. The number of hydrogen-bond donors (Lipinski definition) is 0. The van der Waals surface area contributed by atoms with Crippen LogP contribution in [0.1, 0.15) is 42.7 Å². The lowest BCUT2D eigenvalue weighted by Gasteiger charge is -2.30. The highest BCUT2D eigenvalue weighted by molar-refractivity contribution is 5.95. The number of carbonyl (C=O) groups is 2. The summed E-state index contributed by atoms with van der Waals surface area (Å²) >= 11 is 0. The molecule has 0 spiro atoms. The molecule has 0 atom stereocenters. The van der Waals surface area contributed by atoms with E-state index in [9.17, 15) is 9.59 Å². The number of rotatable bonds is 4. The topological polar surface area (TPSA) is 64.4 Å². The third-order valence-electron chi connectivity index (χ3n) is 3.87. The predicted octanol–water partition coefficient (Wildman–Crippen LogP) is 1.40. The molecular formula is C15H23N3O3. The second kappa shape index (κ2) is 6.74. The van der Waals surface area contributed by atoms with Gasteiger partial charge in [-0.1, -0.05) is 6.92 Å². The summed E-state index contributed by atoms with van der Waals surface area (Å²) < 4.78 is 6.72. The monoisotopic (exact) mass is 293 g/mol. The number of amides is 1. The van der Waals surface area contributed by atoms with E-state index in [1.54, 1.807) is 10.9 Å². The van der Waals surface area contributed by atoms with Crippen LogP contribution in [0.4, 0.5) is 0 Å². The minimum absolute atomic E-state index is 0.0160. The number of esters is 1. The zero-order valence-corrected chi connectivity index (χ0v) is 13.0. The molecule has 1 aromatic rings. The van der Waals surface area contributed by atoms with Crippen molar-refractivity contribution in [3.8, 4) is 0 Å². The predicted molar refractivity (Wildman–Crippen MR) is 77.8 cm³/mol. The number of hydrogen-bond acceptors (Lipinski definition) is 4. The van der Waals surface area contributed by atoms with Gasteiger partial charge in [0, 0.05) is 26.3 Å². The summed E-state index contributed by atoms with van der Waals surface area (Å²) in [7, 11) is 1.82. The molecule has 2 heterocycles. The molecule has 1 fully saturated rings. The molecule has 0 unspecified atom stereocenters. The third-order valence-corrected chi connectivity index (χ3v) is 3.87. The van der Waals surface area contributed by atoms with E-state index in [1.165, 1.54) is 0 Å². The molecule has 6 heteroatoms. The number of piperidine rings is 1. The van der Waals surface area contributed by atoms with E-state index in [2.05, 4.69) is 5.10 Å². The fraction of sp³-hybridized carbons (Fsp3) is 0.667. The van der Waals surface area contributed by atoms with Gasteiger partial charge in [-0.25, -0.2) is 0 Å². The van der Waals surface area contributed by atoms with E-state index >= 15 is 0 Å². The standard InChI is InChI=1S/C15H23N3O3/c1-4-13-12(10-17(3)16-13)14(19)18-8-6-11(7-9-18)15(20)21-5-2/h10-11H,4-9H2,1-3H3. The van der Waals surface area contributed by atoms with Gasteiger partial charge in [-0.05, 0) is 26.2 Å². The van der Waals surface area contributed by atoms with Gasteiger partial charge >= 0.3 is 5.97 Å². The van der Waals surface area contributed by atoms with Crippen molar-refractivity contribution in [2.45, 2.75) is 33.1 Å². The molecule has 116 valence electrons. The van der Waals surface area contributed by atoms with E-state index in [1.807, 2.05) is 25.8 Å². The van der Waals surface area contributed by atoms with Crippen LogP contribution in [0.3, 0.4) is 0 Å². The first-order valence-corrected chi connectivity index (χ1v) is 7.55. The lowest BCUT2D eigenvalue weighted by atomic mass is 9.96. The van der Waals surface area contributed by atoms with Crippen molar-refractivity contribution in [3.63, 3.8) is 0 Å². The van der Waals surface area contributed by atoms with Crippen LogP contribution in [0.25, 0.3) is 0 Å². The Morgan fingerprint density at radius 3 is 2.57 bits per heavy atom. The Hall–Kier alpha value is -1.85. The maximum atomic E-state index is 12.6. The minimum Gasteiger partial charge on any atom is -0.466 e. The molecule has 21 heavy (non-hydrogen) atoms. The maximum Gasteiger partial charge on any atom is 0.309 e. The van der Waals surface area contributed by atoms with Crippen molar-refractivity contribution in [2.75, 3.05) is 19.7 Å². The number of likely N-dealkylation sites (tertiary alicyclic amines) is 1. The Morgan fingerprint density at radius 1 is 1.33 bits per heavy atom. The number of aromatic nitrogens is 2. The van der Waals surface area contributed by atoms with E-state index in [-0.39, 0.29) is 17.8 Å². The third kappa shape index (κ3) is 3.43. The second-order valence-electron chi connectivity index (χ2n) is 5.34. The van der Waals surface area contributed by atoms with E-state index in [0.29, 0.717) is 38.1 Å². The van der Waals surface area contributed by atoms with Gasteiger partial charge in [-0.2, -0.15) is 5.10 Å². The molecule has 2 rings (SSSR count). The molecule has 0 N–H and O–H groups in total. The molecular weight excluding hydrogens is 270 g/mol. The lowest BCUT2D eigenvalue weighted by molar-refractivity contribution is -0.149. The SMILES string of the molecule is CCOC(=O)C1CCN(C(=O)c2cn(C)nc2CC)CC1. The zero-order valence-electron chi connectivity index (χ0n) is 13.0. The number of nitrogens with zero attached hydrogens (tertiary/aromatic N) is 3. The first kappa shape index (κ1) is 15.5. The molecule has 0 aromatic carbocycles. The Labute approximate surface area is 125 Å². The fourth-order valence-corrected chi connectivity index (χ4v) is 2.72. The fourth-order valence-electron chi connectivity index (χ4n) is 2.72. The Morgan fingerprint density at radius 2 is 2.00 bits per heavy atom. The van der Waals surface area contributed by atoms with Crippen LogP contribution >= 0.6 is 0 Å². The molecule has 1 aliphatic rings. The van der Waals surface area contributed by atoms with Crippen LogP contribution in [-0.4, -0.2) is 46.3 Å². The highest BCUT2D eigenvalue weighted by Gasteiger charge is 2.29. The van der Waals surface area contributed by atoms with Crippen LogP contribution < -0.4 is 0 Å². The van der Waals surface area contributed by atoms with Crippen LogP contribution in [0.2, 0.25) is 0 Å². The lowest BCUT2D eigenvalue weighted by Crippen LogP contribution is -2.40. The van der Waals surface area contributed by atoms with Crippen molar-refractivity contribution in [1.82, 2.24) is 14.7 Å². The summed E-state index contributed by atoms with van der Waals surface area (Å²) in [6, 6.07) is 0. The van der Waals surface area contributed by atoms with Gasteiger partial charge in [-0.15, -0.1) is 0 Å². The number of aryl methyl sites for hydroxylation is 2. The van der Waals surface area contributed by atoms with Crippen molar-refractivity contribution >= 4 is 11.9 Å². The summed E-state index contributed by atoms with van der Waals surface area (Å²) in [6.07, 6.45) is 3.86. The Kier molecular flexibility index (Phi) is 4.98. The first-order valence-electron chi connectivity index (χ1n) is 7.55. The first-order chi connectivity index (χ1) is 10.1. The molecule has 1 aromatic heterocycles.